The molecule has 0 aliphatic carbocycles. The minimum Gasteiger partial charge on any atom is -0.493 e. The average Bonchev–Trinajstić information content (AvgIpc) is 2.68. The van der Waals surface area contributed by atoms with Crippen molar-refractivity contribution >= 4 is 35.8 Å². The highest BCUT2D eigenvalue weighted by atomic mass is 127. The lowest BCUT2D eigenvalue weighted by atomic mass is 10.2. The van der Waals surface area contributed by atoms with Crippen LogP contribution in [0.15, 0.2) is 23.2 Å². The first kappa shape index (κ1) is 26.2. The standard InChI is InChI=1S/C19H32N4O4.HI/c1-6-27-11-7-10-20-19(22-14-18(24)23(2)3)21-13-15-8-9-16(25-4)17(12-15)26-5;/h8-9,12H,6-7,10-11,13-14H2,1-5H3,(H2,20,21,22);1H. The third kappa shape index (κ3) is 9.98. The summed E-state index contributed by atoms with van der Waals surface area (Å²) in [4.78, 5) is 17.9. The average molecular weight is 508 g/mol. The Morgan fingerprint density at radius 2 is 1.86 bits per heavy atom. The number of likely N-dealkylation sites (N-methyl/N-ethyl adjacent to an activating group) is 1. The number of nitrogens with one attached hydrogen (secondary N) is 2. The molecule has 160 valence electrons. The molecular weight excluding hydrogens is 475 g/mol. The summed E-state index contributed by atoms with van der Waals surface area (Å²) in [7, 11) is 6.65. The Morgan fingerprint density at radius 3 is 2.46 bits per heavy atom. The van der Waals surface area contributed by atoms with Crippen LogP contribution in [0.25, 0.3) is 0 Å². The SMILES string of the molecule is CCOCCCNC(=NCc1ccc(OC)c(OC)c1)NCC(=O)N(C)C.I. The van der Waals surface area contributed by atoms with Gasteiger partial charge in [0.15, 0.2) is 17.5 Å². The second-order valence-electron chi connectivity index (χ2n) is 5.97. The van der Waals surface area contributed by atoms with Gasteiger partial charge in [-0.3, -0.25) is 4.79 Å². The smallest absolute Gasteiger partial charge is 0.241 e. The van der Waals surface area contributed by atoms with Crippen molar-refractivity contribution in [2.45, 2.75) is 19.9 Å². The van der Waals surface area contributed by atoms with Gasteiger partial charge in [-0.25, -0.2) is 4.99 Å². The van der Waals surface area contributed by atoms with Gasteiger partial charge in [0.05, 0.1) is 27.3 Å². The van der Waals surface area contributed by atoms with E-state index >= 15 is 0 Å². The van der Waals surface area contributed by atoms with Gasteiger partial charge in [0.1, 0.15) is 0 Å². The molecule has 0 heterocycles. The minimum atomic E-state index is -0.0232. The Morgan fingerprint density at radius 1 is 1.14 bits per heavy atom. The van der Waals surface area contributed by atoms with Crippen molar-refractivity contribution in [2.75, 3.05) is 54.6 Å². The zero-order valence-corrected chi connectivity index (χ0v) is 19.7. The molecule has 0 fully saturated rings. The number of hydrogen-bond acceptors (Lipinski definition) is 5. The second kappa shape index (κ2) is 15.2. The van der Waals surface area contributed by atoms with E-state index in [9.17, 15) is 4.79 Å². The van der Waals surface area contributed by atoms with E-state index in [0.717, 1.165) is 12.0 Å². The molecule has 0 aliphatic rings. The van der Waals surface area contributed by atoms with Crippen LogP contribution in [0, 0.1) is 0 Å². The minimum absolute atomic E-state index is 0. The summed E-state index contributed by atoms with van der Waals surface area (Å²) in [5.41, 5.74) is 0.974. The Kier molecular flexibility index (Phi) is 14.3. The summed E-state index contributed by atoms with van der Waals surface area (Å²) in [5.74, 6) is 1.89. The maximum absolute atomic E-state index is 11.8. The Balaban J connectivity index is 0.00000729. The van der Waals surface area contributed by atoms with Crippen molar-refractivity contribution in [3.8, 4) is 11.5 Å². The number of carbonyl (C=O) groups is 1. The van der Waals surface area contributed by atoms with E-state index in [-0.39, 0.29) is 36.4 Å². The van der Waals surface area contributed by atoms with Gasteiger partial charge < -0.3 is 29.7 Å². The van der Waals surface area contributed by atoms with Gasteiger partial charge in [0, 0.05) is 33.9 Å². The van der Waals surface area contributed by atoms with Crippen LogP contribution >= 0.6 is 24.0 Å². The quantitative estimate of drug-likeness (QED) is 0.206. The Hall–Kier alpha value is -1.75. The molecular formula is C19H33IN4O4. The Bertz CT molecular complexity index is 612. The number of aliphatic imine (C=N–C) groups is 1. The van der Waals surface area contributed by atoms with Gasteiger partial charge in [-0.2, -0.15) is 0 Å². The Labute approximate surface area is 185 Å². The van der Waals surface area contributed by atoms with Crippen molar-refractivity contribution < 1.29 is 19.0 Å². The third-order valence-corrected chi connectivity index (χ3v) is 3.74. The monoisotopic (exact) mass is 508 g/mol. The normalized spacial score (nSPS) is 10.7. The fourth-order valence-corrected chi connectivity index (χ4v) is 2.17. The summed E-state index contributed by atoms with van der Waals surface area (Å²) >= 11 is 0. The van der Waals surface area contributed by atoms with Crippen molar-refractivity contribution in [1.29, 1.82) is 0 Å². The van der Waals surface area contributed by atoms with E-state index in [1.54, 1.807) is 28.3 Å². The zero-order valence-electron chi connectivity index (χ0n) is 17.4. The van der Waals surface area contributed by atoms with Crippen LogP contribution in [-0.4, -0.2) is 71.4 Å². The van der Waals surface area contributed by atoms with Crippen molar-refractivity contribution in [1.82, 2.24) is 15.5 Å². The highest BCUT2D eigenvalue weighted by Gasteiger charge is 2.07. The number of amides is 1. The summed E-state index contributed by atoms with van der Waals surface area (Å²) in [6, 6.07) is 5.67. The summed E-state index contributed by atoms with van der Waals surface area (Å²) in [6.45, 7) is 4.68. The summed E-state index contributed by atoms with van der Waals surface area (Å²) < 4.78 is 15.9. The number of ether oxygens (including phenoxy) is 3. The van der Waals surface area contributed by atoms with Gasteiger partial charge >= 0.3 is 0 Å². The number of hydrogen-bond donors (Lipinski definition) is 2. The third-order valence-electron chi connectivity index (χ3n) is 3.74. The molecule has 0 atom stereocenters. The van der Waals surface area contributed by atoms with Crippen LogP contribution in [0.1, 0.15) is 18.9 Å². The molecule has 0 bridgehead atoms. The number of methoxy groups -OCH3 is 2. The summed E-state index contributed by atoms with van der Waals surface area (Å²) in [6.07, 6.45) is 0.854. The van der Waals surface area contributed by atoms with E-state index < -0.39 is 0 Å². The molecule has 0 saturated carbocycles. The first-order valence-corrected chi connectivity index (χ1v) is 9.02. The zero-order chi connectivity index (χ0) is 20.1. The molecule has 1 amide bonds. The van der Waals surface area contributed by atoms with Crippen LogP contribution in [0.3, 0.4) is 0 Å². The number of halogens is 1. The largest absolute Gasteiger partial charge is 0.493 e. The number of guanidine groups is 1. The predicted octanol–water partition coefficient (Wildman–Crippen LogP) is 1.87. The molecule has 1 aromatic rings. The van der Waals surface area contributed by atoms with Gasteiger partial charge in [-0.1, -0.05) is 6.07 Å². The fourth-order valence-electron chi connectivity index (χ4n) is 2.17. The molecule has 2 N–H and O–H groups in total. The molecule has 0 spiro atoms. The molecule has 8 nitrogen and oxygen atoms in total. The maximum Gasteiger partial charge on any atom is 0.241 e. The number of carbonyl (C=O) groups excluding carboxylic acids is 1. The molecule has 0 aliphatic heterocycles. The lowest BCUT2D eigenvalue weighted by molar-refractivity contribution is -0.127. The second-order valence-corrected chi connectivity index (χ2v) is 5.97. The highest BCUT2D eigenvalue weighted by Crippen LogP contribution is 2.27. The van der Waals surface area contributed by atoms with E-state index in [1.165, 1.54) is 4.90 Å². The van der Waals surface area contributed by atoms with Gasteiger partial charge in [0.25, 0.3) is 0 Å². The number of nitrogens with zero attached hydrogens (tertiary/aromatic N) is 2. The first-order valence-electron chi connectivity index (χ1n) is 9.02. The molecule has 28 heavy (non-hydrogen) atoms. The molecule has 0 radical (unpaired) electrons. The molecule has 0 saturated heterocycles. The lowest BCUT2D eigenvalue weighted by Gasteiger charge is -2.15. The van der Waals surface area contributed by atoms with Crippen LogP contribution in [0.2, 0.25) is 0 Å². The van der Waals surface area contributed by atoms with E-state index in [2.05, 4.69) is 15.6 Å². The molecule has 1 rings (SSSR count). The molecule has 0 unspecified atom stereocenters. The van der Waals surface area contributed by atoms with Gasteiger partial charge in [-0.05, 0) is 31.0 Å². The number of rotatable bonds is 11. The van der Waals surface area contributed by atoms with Crippen LogP contribution in [-0.2, 0) is 16.1 Å². The van der Waals surface area contributed by atoms with E-state index in [1.807, 2.05) is 25.1 Å². The first-order chi connectivity index (χ1) is 13.0. The predicted molar refractivity (Wildman–Crippen MR) is 122 cm³/mol. The van der Waals surface area contributed by atoms with Crippen molar-refractivity contribution in [3.63, 3.8) is 0 Å². The van der Waals surface area contributed by atoms with Crippen LogP contribution in [0.5, 0.6) is 11.5 Å². The topological polar surface area (TPSA) is 84.4 Å². The van der Waals surface area contributed by atoms with E-state index in [0.29, 0.717) is 43.8 Å². The maximum atomic E-state index is 11.8. The number of benzene rings is 1. The van der Waals surface area contributed by atoms with Crippen LogP contribution in [0.4, 0.5) is 0 Å². The van der Waals surface area contributed by atoms with Gasteiger partial charge in [-0.15, -0.1) is 24.0 Å². The van der Waals surface area contributed by atoms with Crippen LogP contribution < -0.4 is 20.1 Å². The summed E-state index contributed by atoms with van der Waals surface area (Å²) in [5, 5.41) is 6.29. The lowest BCUT2D eigenvalue weighted by Crippen LogP contribution is -2.43. The van der Waals surface area contributed by atoms with Crippen molar-refractivity contribution in [3.05, 3.63) is 23.8 Å². The fraction of sp³-hybridized carbons (Fsp3) is 0.579. The highest BCUT2D eigenvalue weighted by molar-refractivity contribution is 14.0. The van der Waals surface area contributed by atoms with Crippen molar-refractivity contribution in [2.24, 2.45) is 4.99 Å². The molecule has 0 aromatic heterocycles. The van der Waals surface area contributed by atoms with E-state index in [4.69, 9.17) is 14.2 Å². The molecule has 9 heteroatoms. The van der Waals surface area contributed by atoms with Gasteiger partial charge in [0.2, 0.25) is 5.91 Å². The molecule has 1 aromatic carbocycles.